The summed E-state index contributed by atoms with van der Waals surface area (Å²) in [5, 5.41) is 1.06. The Hall–Kier alpha value is -5.09. The first-order chi connectivity index (χ1) is 21.6. The zero-order valence-electron chi connectivity index (χ0n) is 23.5. The Labute approximate surface area is 266 Å². The minimum atomic E-state index is 0.525. The second kappa shape index (κ2) is 12.3. The van der Waals surface area contributed by atoms with Crippen LogP contribution >= 0.6 is 23.2 Å². The summed E-state index contributed by atoms with van der Waals surface area (Å²) in [7, 11) is 0. The highest BCUT2D eigenvalue weighted by Gasteiger charge is 2.14. The van der Waals surface area contributed by atoms with Gasteiger partial charge in [-0.1, -0.05) is 169 Å². The summed E-state index contributed by atoms with van der Waals surface area (Å²) < 4.78 is 0. The van der Waals surface area contributed by atoms with Crippen LogP contribution in [0.4, 0.5) is 0 Å². The third kappa shape index (κ3) is 5.76. The molecule has 0 N–H and O–H groups in total. The van der Waals surface area contributed by atoms with Crippen LogP contribution < -0.4 is 0 Å². The molecule has 6 aromatic carbocycles. The number of hydrogen-bond acceptors (Lipinski definition) is 3. The van der Waals surface area contributed by atoms with Gasteiger partial charge in [0, 0.05) is 22.3 Å². The van der Waals surface area contributed by atoms with E-state index in [4.69, 9.17) is 38.2 Å². The molecular weight excluding hydrogens is 581 g/mol. The first kappa shape index (κ1) is 27.7. The molecule has 7 rings (SSSR count). The average Bonchev–Trinajstić information content (AvgIpc) is 3.10. The summed E-state index contributed by atoms with van der Waals surface area (Å²) in [4.78, 5) is 14.8. The topological polar surface area (TPSA) is 38.7 Å². The van der Waals surface area contributed by atoms with Crippen molar-refractivity contribution in [1.82, 2.24) is 15.0 Å². The van der Waals surface area contributed by atoms with E-state index in [-0.39, 0.29) is 0 Å². The molecule has 0 unspecified atom stereocenters. The molecule has 0 saturated carbocycles. The number of benzene rings is 6. The lowest BCUT2D eigenvalue weighted by Crippen LogP contribution is -2.00. The highest BCUT2D eigenvalue weighted by Crippen LogP contribution is 2.35. The summed E-state index contributed by atoms with van der Waals surface area (Å²) in [5.41, 5.74) is 9.13. The fourth-order valence-corrected chi connectivity index (χ4v) is 5.58. The Kier molecular flexibility index (Phi) is 7.72. The van der Waals surface area contributed by atoms with Gasteiger partial charge in [-0.25, -0.2) is 15.0 Å². The Bertz CT molecular complexity index is 1940. The predicted octanol–water partition coefficient (Wildman–Crippen LogP) is 11.2. The van der Waals surface area contributed by atoms with Gasteiger partial charge in [-0.2, -0.15) is 0 Å². The lowest BCUT2D eigenvalue weighted by molar-refractivity contribution is 1.07. The fraction of sp³-hybridized carbons (Fsp3) is 0. The summed E-state index contributed by atoms with van der Waals surface area (Å²) in [6, 6.07) is 51.0. The van der Waals surface area contributed by atoms with E-state index in [1.807, 2.05) is 72.8 Å². The van der Waals surface area contributed by atoms with Gasteiger partial charge in [0.05, 0.1) is 10.0 Å². The molecule has 0 bridgehead atoms. The first-order valence-corrected chi connectivity index (χ1v) is 15.0. The summed E-state index contributed by atoms with van der Waals surface area (Å²) in [6.07, 6.45) is 0. The number of nitrogens with zero attached hydrogens (tertiary/aromatic N) is 3. The molecule has 0 amide bonds. The van der Waals surface area contributed by atoms with Crippen LogP contribution in [0.1, 0.15) is 0 Å². The van der Waals surface area contributed by atoms with Gasteiger partial charge in [0.1, 0.15) is 0 Å². The quantitative estimate of drug-likeness (QED) is 0.189. The lowest BCUT2D eigenvalue weighted by atomic mass is 10.0. The van der Waals surface area contributed by atoms with Crippen molar-refractivity contribution >= 4 is 23.2 Å². The van der Waals surface area contributed by atoms with Crippen LogP contribution in [0.3, 0.4) is 0 Å². The van der Waals surface area contributed by atoms with Crippen LogP contribution in [-0.2, 0) is 0 Å². The number of rotatable bonds is 6. The second-order valence-electron chi connectivity index (χ2n) is 10.4. The van der Waals surface area contributed by atoms with E-state index in [0.717, 1.165) is 50.1 Å². The lowest BCUT2D eigenvalue weighted by Gasteiger charge is -2.11. The maximum absolute atomic E-state index is 6.50. The van der Waals surface area contributed by atoms with Crippen LogP contribution in [0.2, 0.25) is 10.0 Å². The van der Waals surface area contributed by atoms with Gasteiger partial charge in [-0.3, -0.25) is 0 Å². The Morgan fingerprint density at radius 3 is 1.05 bits per heavy atom. The van der Waals surface area contributed by atoms with Crippen molar-refractivity contribution in [2.75, 3.05) is 0 Å². The Balaban J connectivity index is 1.29. The van der Waals surface area contributed by atoms with E-state index in [9.17, 15) is 0 Å². The molecule has 0 radical (unpaired) electrons. The van der Waals surface area contributed by atoms with Gasteiger partial charge in [-0.15, -0.1) is 0 Å². The van der Waals surface area contributed by atoms with Crippen molar-refractivity contribution in [3.8, 4) is 67.5 Å². The van der Waals surface area contributed by atoms with Gasteiger partial charge in [0.2, 0.25) is 0 Å². The second-order valence-corrected chi connectivity index (χ2v) is 11.2. The van der Waals surface area contributed by atoms with Crippen LogP contribution in [-0.4, -0.2) is 15.0 Å². The maximum atomic E-state index is 6.50. The molecule has 0 spiro atoms. The van der Waals surface area contributed by atoms with Crippen molar-refractivity contribution in [1.29, 1.82) is 0 Å². The van der Waals surface area contributed by atoms with Gasteiger partial charge in [0.15, 0.2) is 17.5 Å². The molecule has 0 aliphatic heterocycles. The molecule has 5 heteroatoms. The SMILES string of the molecule is Clc1cccc(-c2ccc(-c3nc(-c4ccc(-c5ccccc5)cc4)nc(-c4ccc(-c5ccccc5)cc4)n3)cc2)c1Cl. The summed E-state index contributed by atoms with van der Waals surface area (Å²) >= 11 is 12.8. The zero-order valence-corrected chi connectivity index (χ0v) is 25.0. The van der Waals surface area contributed by atoms with E-state index in [0.29, 0.717) is 27.5 Å². The molecule has 1 heterocycles. The third-order valence-electron chi connectivity index (χ3n) is 7.54. The number of hydrogen-bond donors (Lipinski definition) is 0. The van der Waals surface area contributed by atoms with Gasteiger partial charge in [0.25, 0.3) is 0 Å². The third-order valence-corrected chi connectivity index (χ3v) is 8.36. The maximum Gasteiger partial charge on any atom is 0.164 e. The van der Waals surface area contributed by atoms with Gasteiger partial charge < -0.3 is 0 Å². The molecule has 44 heavy (non-hydrogen) atoms. The minimum absolute atomic E-state index is 0.525. The fourth-order valence-electron chi connectivity index (χ4n) is 5.17. The van der Waals surface area contributed by atoms with Crippen molar-refractivity contribution in [2.45, 2.75) is 0 Å². The molecule has 1 aromatic heterocycles. The van der Waals surface area contributed by atoms with Crippen LogP contribution in [0.25, 0.3) is 67.5 Å². The molecule has 0 aliphatic carbocycles. The summed E-state index contributed by atoms with van der Waals surface area (Å²) in [6.45, 7) is 0. The van der Waals surface area contributed by atoms with Gasteiger partial charge in [-0.05, 0) is 33.9 Å². The van der Waals surface area contributed by atoms with E-state index in [2.05, 4.69) is 72.8 Å². The number of halogens is 2. The van der Waals surface area contributed by atoms with E-state index < -0.39 is 0 Å². The van der Waals surface area contributed by atoms with Crippen LogP contribution in [0, 0.1) is 0 Å². The Morgan fingerprint density at radius 2 is 0.636 bits per heavy atom. The molecule has 3 nitrogen and oxygen atoms in total. The monoisotopic (exact) mass is 605 g/mol. The highest BCUT2D eigenvalue weighted by molar-refractivity contribution is 6.43. The van der Waals surface area contributed by atoms with E-state index >= 15 is 0 Å². The smallest absolute Gasteiger partial charge is 0.164 e. The molecule has 7 aromatic rings. The standard InChI is InChI=1S/C39H25Cl2N3/c40-35-13-7-12-34(36(35)41)30-18-24-33(25-19-30)39-43-37(31-20-14-28(15-21-31)26-8-3-1-4-9-26)42-38(44-39)32-22-16-29(17-23-32)27-10-5-2-6-11-27/h1-25H. The molecule has 0 saturated heterocycles. The molecule has 210 valence electrons. The molecule has 0 fully saturated rings. The minimum Gasteiger partial charge on any atom is -0.208 e. The van der Waals surface area contributed by atoms with Crippen LogP contribution in [0.15, 0.2) is 152 Å². The average molecular weight is 607 g/mol. The molecule has 0 aliphatic rings. The van der Waals surface area contributed by atoms with Gasteiger partial charge >= 0.3 is 0 Å². The zero-order chi connectivity index (χ0) is 29.9. The number of aromatic nitrogens is 3. The first-order valence-electron chi connectivity index (χ1n) is 14.2. The summed E-state index contributed by atoms with van der Waals surface area (Å²) in [5.74, 6) is 1.81. The van der Waals surface area contributed by atoms with Crippen molar-refractivity contribution < 1.29 is 0 Å². The van der Waals surface area contributed by atoms with Crippen LogP contribution in [0.5, 0.6) is 0 Å². The van der Waals surface area contributed by atoms with Crippen molar-refractivity contribution in [2.24, 2.45) is 0 Å². The largest absolute Gasteiger partial charge is 0.208 e. The molecule has 0 atom stereocenters. The Morgan fingerprint density at radius 1 is 0.295 bits per heavy atom. The molecular formula is C39H25Cl2N3. The van der Waals surface area contributed by atoms with Crippen molar-refractivity contribution in [3.63, 3.8) is 0 Å². The normalized spacial score (nSPS) is 11.0. The predicted molar refractivity (Wildman–Crippen MR) is 182 cm³/mol. The van der Waals surface area contributed by atoms with Crippen molar-refractivity contribution in [3.05, 3.63) is 162 Å². The van der Waals surface area contributed by atoms with E-state index in [1.54, 1.807) is 6.07 Å². The van der Waals surface area contributed by atoms with E-state index in [1.165, 1.54) is 0 Å². The highest BCUT2D eigenvalue weighted by atomic mass is 35.5.